The second-order valence-electron chi connectivity index (χ2n) is 5.25. The molecule has 1 aliphatic rings. The van der Waals surface area contributed by atoms with Gasteiger partial charge in [0.15, 0.2) is 0 Å². The van der Waals surface area contributed by atoms with Crippen LogP contribution in [0.4, 0.5) is 5.82 Å². The Balaban J connectivity index is 1.89. The largest absolute Gasteiger partial charge is 0.354 e. The van der Waals surface area contributed by atoms with E-state index in [0.29, 0.717) is 0 Å². The van der Waals surface area contributed by atoms with Gasteiger partial charge in [0.25, 0.3) is 0 Å². The van der Waals surface area contributed by atoms with E-state index in [1.807, 2.05) is 31.3 Å². The molecule has 1 aromatic rings. The number of pyridine rings is 1. The van der Waals surface area contributed by atoms with Crippen LogP contribution in [0.3, 0.4) is 0 Å². The number of rotatable bonds is 4. The molecule has 0 saturated carbocycles. The predicted molar refractivity (Wildman–Crippen MR) is 79.0 cm³/mol. The van der Waals surface area contributed by atoms with Crippen LogP contribution in [-0.4, -0.2) is 48.0 Å². The van der Waals surface area contributed by atoms with E-state index in [2.05, 4.69) is 27.1 Å². The van der Waals surface area contributed by atoms with Gasteiger partial charge in [-0.1, -0.05) is 13.0 Å². The summed E-state index contributed by atoms with van der Waals surface area (Å²) in [6.07, 6.45) is 1.82. The second kappa shape index (κ2) is 6.67. The number of hydrogen-bond acceptors (Lipinski definition) is 5. The lowest BCUT2D eigenvalue weighted by Gasteiger charge is -2.40. The predicted octanol–water partition coefficient (Wildman–Crippen LogP) is 0.218. The topological polar surface area (TPSA) is 74.5 Å². The number of aromatic nitrogens is 1. The number of hydrogen-bond donors (Lipinski definition) is 2. The molecule has 2 atom stereocenters. The summed E-state index contributed by atoms with van der Waals surface area (Å²) in [6, 6.07) is 6.15. The summed E-state index contributed by atoms with van der Waals surface area (Å²) < 4.78 is 0. The van der Waals surface area contributed by atoms with Gasteiger partial charge in [-0.2, -0.15) is 0 Å². The molecule has 0 radical (unpaired) electrons. The first-order valence-corrected chi connectivity index (χ1v) is 7.04. The fraction of sp³-hybridized carbons (Fsp3) is 0.571. The van der Waals surface area contributed by atoms with Crippen LogP contribution in [0.15, 0.2) is 24.4 Å². The molecule has 0 aliphatic carbocycles. The van der Waals surface area contributed by atoms with Crippen molar-refractivity contribution in [2.75, 3.05) is 31.1 Å². The van der Waals surface area contributed by atoms with E-state index in [-0.39, 0.29) is 17.9 Å². The molecule has 110 valence electrons. The van der Waals surface area contributed by atoms with Gasteiger partial charge in [-0.3, -0.25) is 15.1 Å². The molecule has 1 fully saturated rings. The molecule has 0 aromatic carbocycles. The third-order valence-electron chi connectivity index (χ3n) is 4.14. The maximum Gasteiger partial charge on any atom is 0.238 e. The minimum atomic E-state index is -0.110. The lowest BCUT2D eigenvalue weighted by atomic mass is 10.0. The minimum Gasteiger partial charge on any atom is -0.354 e. The quantitative estimate of drug-likeness (QED) is 0.468. The van der Waals surface area contributed by atoms with Crippen molar-refractivity contribution in [3.8, 4) is 0 Å². The summed E-state index contributed by atoms with van der Waals surface area (Å²) in [5.41, 5.74) is 2.23. The van der Waals surface area contributed by atoms with Gasteiger partial charge >= 0.3 is 0 Å². The zero-order chi connectivity index (χ0) is 14.5. The van der Waals surface area contributed by atoms with E-state index in [1.165, 1.54) is 0 Å². The highest BCUT2D eigenvalue weighted by molar-refractivity contribution is 5.78. The summed E-state index contributed by atoms with van der Waals surface area (Å²) in [5, 5.41) is 0. The van der Waals surface area contributed by atoms with Crippen LogP contribution in [0.25, 0.3) is 0 Å². The molecule has 3 N–H and O–H groups in total. The zero-order valence-corrected chi connectivity index (χ0v) is 12.1. The molecule has 1 saturated heterocycles. The molecule has 20 heavy (non-hydrogen) atoms. The Morgan fingerprint density at radius 3 is 2.55 bits per heavy atom. The normalized spacial score (nSPS) is 19.4. The lowest BCUT2D eigenvalue weighted by molar-refractivity contribution is -0.126. The molecule has 1 aliphatic heterocycles. The highest BCUT2D eigenvalue weighted by atomic mass is 16.2. The summed E-state index contributed by atoms with van der Waals surface area (Å²) >= 11 is 0. The average molecular weight is 277 g/mol. The van der Waals surface area contributed by atoms with Gasteiger partial charge in [0.05, 0.1) is 5.92 Å². The van der Waals surface area contributed by atoms with Crippen LogP contribution in [0.5, 0.6) is 0 Å². The molecule has 6 heteroatoms. The molecule has 0 spiro atoms. The van der Waals surface area contributed by atoms with E-state index in [0.717, 1.165) is 32.0 Å². The SMILES string of the molecule is CC(C(=O)NN)C(C)N1CCN(c2ccccn2)CC1. The van der Waals surface area contributed by atoms with E-state index < -0.39 is 0 Å². The molecule has 2 heterocycles. The molecule has 0 bridgehead atoms. The van der Waals surface area contributed by atoms with Crippen molar-refractivity contribution in [3.05, 3.63) is 24.4 Å². The Bertz CT molecular complexity index is 430. The van der Waals surface area contributed by atoms with Crippen molar-refractivity contribution < 1.29 is 4.79 Å². The molecule has 2 rings (SSSR count). The van der Waals surface area contributed by atoms with Crippen LogP contribution in [0, 0.1) is 5.92 Å². The Labute approximate surface area is 119 Å². The van der Waals surface area contributed by atoms with Crippen molar-refractivity contribution in [2.24, 2.45) is 11.8 Å². The van der Waals surface area contributed by atoms with Gasteiger partial charge in [-0.25, -0.2) is 10.8 Å². The van der Waals surface area contributed by atoms with Crippen LogP contribution in [0.1, 0.15) is 13.8 Å². The standard InChI is InChI=1S/C14H23N5O/c1-11(14(20)17-15)12(2)18-7-9-19(10-8-18)13-5-3-4-6-16-13/h3-6,11-12H,7-10,15H2,1-2H3,(H,17,20). The Morgan fingerprint density at radius 2 is 2.00 bits per heavy atom. The third-order valence-corrected chi connectivity index (χ3v) is 4.14. The number of piperazine rings is 1. The van der Waals surface area contributed by atoms with Gasteiger partial charge in [0.1, 0.15) is 5.82 Å². The molecule has 1 aromatic heterocycles. The number of amides is 1. The maximum absolute atomic E-state index is 11.6. The van der Waals surface area contributed by atoms with Crippen molar-refractivity contribution in [1.82, 2.24) is 15.3 Å². The van der Waals surface area contributed by atoms with Crippen LogP contribution in [0.2, 0.25) is 0 Å². The molecule has 1 amide bonds. The Morgan fingerprint density at radius 1 is 1.30 bits per heavy atom. The molecular formula is C14H23N5O. The van der Waals surface area contributed by atoms with Crippen molar-refractivity contribution >= 4 is 11.7 Å². The van der Waals surface area contributed by atoms with Gasteiger partial charge < -0.3 is 4.90 Å². The molecule has 6 nitrogen and oxygen atoms in total. The van der Waals surface area contributed by atoms with Crippen molar-refractivity contribution in [1.29, 1.82) is 0 Å². The van der Waals surface area contributed by atoms with Crippen molar-refractivity contribution in [3.63, 3.8) is 0 Å². The highest BCUT2D eigenvalue weighted by Gasteiger charge is 2.28. The third kappa shape index (κ3) is 3.26. The van der Waals surface area contributed by atoms with Crippen LogP contribution >= 0.6 is 0 Å². The van der Waals surface area contributed by atoms with E-state index in [9.17, 15) is 4.79 Å². The summed E-state index contributed by atoms with van der Waals surface area (Å²) in [5.74, 6) is 6.01. The second-order valence-corrected chi connectivity index (χ2v) is 5.25. The number of anilines is 1. The lowest BCUT2D eigenvalue weighted by Crippen LogP contribution is -2.53. The number of hydrazine groups is 1. The number of nitrogens with zero attached hydrogens (tertiary/aromatic N) is 3. The summed E-state index contributed by atoms with van der Waals surface area (Å²) in [4.78, 5) is 20.6. The van der Waals surface area contributed by atoms with Gasteiger partial charge in [-0.05, 0) is 19.1 Å². The van der Waals surface area contributed by atoms with Crippen LogP contribution in [-0.2, 0) is 4.79 Å². The number of carbonyl (C=O) groups excluding carboxylic acids is 1. The van der Waals surface area contributed by atoms with Crippen LogP contribution < -0.4 is 16.2 Å². The van der Waals surface area contributed by atoms with Gasteiger partial charge in [0.2, 0.25) is 5.91 Å². The van der Waals surface area contributed by atoms with E-state index in [1.54, 1.807) is 0 Å². The fourth-order valence-corrected chi connectivity index (χ4v) is 2.57. The minimum absolute atomic E-state index is 0.107. The van der Waals surface area contributed by atoms with Gasteiger partial charge in [0, 0.05) is 38.4 Å². The Hall–Kier alpha value is -1.66. The molecular weight excluding hydrogens is 254 g/mol. The zero-order valence-electron chi connectivity index (χ0n) is 12.1. The number of nitrogens with one attached hydrogen (secondary N) is 1. The monoisotopic (exact) mass is 277 g/mol. The highest BCUT2D eigenvalue weighted by Crippen LogP contribution is 2.17. The maximum atomic E-state index is 11.6. The van der Waals surface area contributed by atoms with Gasteiger partial charge in [-0.15, -0.1) is 0 Å². The first kappa shape index (κ1) is 14.7. The summed E-state index contributed by atoms with van der Waals surface area (Å²) in [6.45, 7) is 7.71. The molecule has 2 unspecified atom stereocenters. The van der Waals surface area contributed by atoms with Crippen molar-refractivity contribution in [2.45, 2.75) is 19.9 Å². The first-order chi connectivity index (χ1) is 9.63. The fourth-order valence-electron chi connectivity index (χ4n) is 2.57. The number of nitrogens with two attached hydrogens (primary N) is 1. The van der Waals surface area contributed by atoms with E-state index >= 15 is 0 Å². The summed E-state index contributed by atoms with van der Waals surface area (Å²) in [7, 11) is 0. The first-order valence-electron chi connectivity index (χ1n) is 7.04. The average Bonchev–Trinajstić information content (AvgIpc) is 2.53. The number of carbonyl (C=O) groups is 1. The van der Waals surface area contributed by atoms with E-state index in [4.69, 9.17) is 5.84 Å². The smallest absolute Gasteiger partial charge is 0.238 e. The Kier molecular flexibility index (Phi) is 4.92.